The van der Waals surface area contributed by atoms with Crippen LogP contribution in [0.1, 0.15) is 36.8 Å². The normalized spacial score (nSPS) is 21.4. The molecule has 3 aliphatic rings. The van der Waals surface area contributed by atoms with E-state index in [4.69, 9.17) is 14.5 Å². The maximum atomic E-state index is 17.0. The summed E-state index contributed by atoms with van der Waals surface area (Å²) in [5.74, 6) is -0.194. The molecule has 0 N–H and O–H groups in total. The summed E-state index contributed by atoms with van der Waals surface area (Å²) < 4.78 is 43.6. The molecule has 8 rings (SSSR count). The van der Waals surface area contributed by atoms with Gasteiger partial charge in [0, 0.05) is 48.9 Å². The summed E-state index contributed by atoms with van der Waals surface area (Å²) in [5, 5.41) is 21.6. The molecule has 268 valence electrons. The lowest BCUT2D eigenvalue weighted by Gasteiger charge is -2.40. The maximum Gasteiger partial charge on any atom is 0.410 e. The standard InChI is InChI=1S/C41H37F2N7O3/c42-30-21-41(16-6-18-49(41)23-30)26-53-39-46-37-34(14-13-33(36(37)43)32-12-5-10-28-9-4-11-29(22-45)35(28)32)38(47-39)48-19-20-50(31(24-48)15-17-44)40(51)52-25-27-7-2-1-3-8-27/h1-5,7-14,30-31H,6,15-16,18-21,23-26H2/t30-,31+,41+/m1/s1. The zero-order chi connectivity index (χ0) is 36.5. The van der Waals surface area contributed by atoms with E-state index in [9.17, 15) is 19.7 Å². The monoisotopic (exact) mass is 713 g/mol. The largest absolute Gasteiger partial charge is 0.461 e. The highest BCUT2D eigenvalue weighted by molar-refractivity contribution is 6.03. The molecule has 1 aromatic heterocycles. The Labute approximate surface area is 305 Å². The minimum absolute atomic E-state index is 0.0334. The van der Waals surface area contributed by atoms with Crippen LogP contribution in [0, 0.1) is 28.5 Å². The molecule has 3 atom stereocenters. The number of hydrogen-bond donors (Lipinski definition) is 0. The summed E-state index contributed by atoms with van der Waals surface area (Å²) in [6.07, 6.45) is 0.660. The van der Waals surface area contributed by atoms with E-state index in [0.717, 1.165) is 30.3 Å². The van der Waals surface area contributed by atoms with Crippen molar-refractivity contribution in [1.82, 2.24) is 19.8 Å². The minimum Gasteiger partial charge on any atom is -0.461 e. The average Bonchev–Trinajstić information content (AvgIpc) is 3.72. The van der Waals surface area contributed by atoms with Crippen LogP contribution in [0.25, 0.3) is 32.8 Å². The number of rotatable bonds is 8. The zero-order valence-corrected chi connectivity index (χ0v) is 29.0. The van der Waals surface area contributed by atoms with Crippen LogP contribution < -0.4 is 9.64 Å². The van der Waals surface area contributed by atoms with Crippen molar-refractivity contribution >= 4 is 33.6 Å². The third-order valence-electron chi connectivity index (χ3n) is 10.9. The lowest BCUT2D eigenvalue weighted by atomic mass is 9.94. The number of benzene rings is 4. The van der Waals surface area contributed by atoms with Crippen LogP contribution >= 0.6 is 0 Å². The Kier molecular flexibility index (Phi) is 9.23. The Balaban J connectivity index is 1.16. The number of piperazine rings is 1. The first-order valence-electron chi connectivity index (χ1n) is 17.9. The van der Waals surface area contributed by atoms with Crippen LogP contribution in [0.4, 0.5) is 19.4 Å². The van der Waals surface area contributed by atoms with Gasteiger partial charge in [-0.2, -0.15) is 20.5 Å². The van der Waals surface area contributed by atoms with Crippen molar-refractivity contribution in [2.75, 3.05) is 44.2 Å². The van der Waals surface area contributed by atoms with Gasteiger partial charge in [0.2, 0.25) is 0 Å². The van der Waals surface area contributed by atoms with Gasteiger partial charge in [-0.3, -0.25) is 4.90 Å². The Morgan fingerprint density at radius 2 is 1.77 bits per heavy atom. The molecule has 3 fully saturated rings. The van der Waals surface area contributed by atoms with E-state index >= 15 is 4.39 Å². The highest BCUT2D eigenvalue weighted by Gasteiger charge is 2.49. The SMILES string of the molecule is N#CC[C@H]1CN(c2nc(OC[C@@]34CCCN3C[C@H](F)C4)nc3c(F)c(-c4cccc5cccc(C#N)c45)ccc23)CCN1C(=O)OCc1ccccc1. The first kappa shape index (κ1) is 34.2. The first-order chi connectivity index (χ1) is 25.9. The molecule has 53 heavy (non-hydrogen) atoms. The fourth-order valence-electron chi connectivity index (χ4n) is 8.32. The second-order valence-electron chi connectivity index (χ2n) is 14.0. The van der Waals surface area contributed by atoms with E-state index in [1.165, 1.54) is 0 Å². The number of anilines is 1. The van der Waals surface area contributed by atoms with Gasteiger partial charge in [0.1, 0.15) is 30.7 Å². The summed E-state index contributed by atoms with van der Waals surface area (Å²) in [7, 11) is 0. The van der Waals surface area contributed by atoms with E-state index in [1.54, 1.807) is 35.2 Å². The van der Waals surface area contributed by atoms with Crippen LogP contribution in [0.5, 0.6) is 6.01 Å². The van der Waals surface area contributed by atoms with Crippen molar-refractivity contribution in [3.8, 4) is 29.3 Å². The van der Waals surface area contributed by atoms with Crippen LogP contribution in [-0.4, -0.2) is 82.9 Å². The van der Waals surface area contributed by atoms with Crippen LogP contribution in [0.2, 0.25) is 0 Å². The Hall–Kier alpha value is -5.85. The molecule has 3 aliphatic heterocycles. The minimum atomic E-state index is -0.946. The predicted octanol–water partition coefficient (Wildman–Crippen LogP) is 7.16. The van der Waals surface area contributed by atoms with Crippen molar-refractivity contribution < 1.29 is 23.0 Å². The van der Waals surface area contributed by atoms with E-state index in [-0.39, 0.29) is 49.8 Å². The number of nitrogens with zero attached hydrogens (tertiary/aromatic N) is 7. The van der Waals surface area contributed by atoms with Gasteiger partial charge in [0.05, 0.1) is 35.7 Å². The molecule has 0 unspecified atom stereocenters. The second-order valence-corrected chi connectivity index (χ2v) is 14.0. The third-order valence-corrected chi connectivity index (χ3v) is 10.9. The van der Waals surface area contributed by atoms with E-state index in [1.807, 2.05) is 53.4 Å². The van der Waals surface area contributed by atoms with Gasteiger partial charge in [0.25, 0.3) is 0 Å². The molecule has 4 aromatic carbocycles. The molecule has 4 heterocycles. The molecule has 10 nitrogen and oxygen atoms in total. The number of carbonyl (C=O) groups excluding carboxylic acids is 1. The van der Waals surface area contributed by atoms with Gasteiger partial charge >= 0.3 is 12.1 Å². The molecular weight excluding hydrogens is 676 g/mol. The Morgan fingerprint density at radius 3 is 2.58 bits per heavy atom. The summed E-state index contributed by atoms with van der Waals surface area (Å²) in [5.41, 5.74) is 1.66. The third kappa shape index (κ3) is 6.44. The molecule has 3 saturated heterocycles. The number of nitriles is 2. The second kappa shape index (κ2) is 14.3. The quantitative estimate of drug-likeness (QED) is 0.165. The van der Waals surface area contributed by atoms with Crippen LogP contribution in [0.15, 0.2) is 78.9 Å². The molecular formula is C41H37F2N7O3. The fourth-order valence-corrected chi connectivity index (χ4v) is 8.32. The van der Waals surface area contributed by atoms with Crippen molar-refractivity contribution in [3.05, 3.63) is 95.8 Å². The van der Waals surface area contributed by atoms with Gasteiger partial charge in [0.15, 0.2) is 5.82 Å². The molecule has 0 bridgehead atoms. The molecule has 5 aromatic rings. The van der Waals surface area contributed by atoms with Gasteiger partial charge in [-0.1, -0.05) is 66.7 Å². The fraction of sp³-hybridized carbons (Fsp3) is 0.341. The summed E-state index contributed by atoms with van der Waals surface area (Å²) in [6, 6.07) is 27.6. The summed E-state index contributed by atoms with van der Waals surface area (Å²) >= 11 is 0. The molecule has 1 amide bonds. The number of carbonyl (C=O) groups is 1. The summed E-state index contributed by atoms with van der Waals surface area (Å²) in [6.45, 7) is 2.22. The topological polar surface area (TPSA) is 119 Å². The lowest BCUT2D eigenvalue weighted by molar-refractivity contribution is 0.0768. The molecule has 0 spiro atoms. The van der Waals surface area contributed by atoms with Gasteiger partial charge in [-0.15, -0.1) is 0 Å². The number of halogens is 2. The van der Waals surface area contributed by atoms with E-state index in [0.29, 0.717) is 47.2 Å². The highest BCUT2D eigenvalue weighted by atomic mass is 19.1. The van der Waals surface area contributed by atoms with Gasteiger partial charge < -0.3 is 19.3 Å². The summed E-state index contributed by atoms with van der Waals surface area (Å²) in [4.78, 5) is 28.4. The Morgan fingerprint density at radius 1 is 0.943 bits per heavy atom. The maximum absolute atomic E-state index is 17.0. The predicted molar refractivity (Wildman–Crippen MR) is 195 cm³/mol. The van der Waals surface area contributed by atoms with Crippen molar-refractivity contribution in [2.45, 2.75) is 50.0 Å². The average molecular weight is 714 g/mol. The van der Waals surface area contributed by atoms with Crippen molar-refractivity contribution in [1.29, 1.82) is 10.5 Å². The van der Waals surface area contributed by atoms with Crippen molar-refractivity contribution in [2.24, 2.45) is 0 Å². The Bertz CT molecular complexity index is 2270. The smallest absolute Gasteiger partial charge is 0.410 e. The molecule has 0 saturated carbocycles. The highest BCUT2D eigenvalue weighted by Crippen LogP contribution is 2.41. The number of fused-ring (bicyclic) bond motifs is 3. The van der Waals surface area contributed by atoms with Crippen LogP contribution in [-0.2, 0) is 11.3 Å². The molecule has 0 aliphatic carbocycles. The number of hydrogen-bond acceptors (Lipinski definition) is 9. The number of ether oxygens (including phenoxy) is 2. The van der Waals surface area contributed by atoms with Gasteiger partial charge in [-0.05, 0) is 48.0 Å². The van der Waals surface area contributed by atoms with E-state index < -0.39 is 29.7 Å². The zero-order valence-electron chi connectivity index (χ0n) is 29.0. The van der Waals surface area contributed by atoms with Gasteiger partial charge in [-0.25, -0.2) is 13.6 Å². The van der Waals surface area contributed by atoms with Crippen LogP contribution in [0.3, 0.4) is 0 Å². The number of aromatic nitrogens is 2. The molecule has 12 heteroatoms. The molecule has 0 radical (unpaired) electrons. The van der Waals surface area contributed by atoms with E-state index in [2.05, 4.69) is 22.0 Å². The number of amides is 1. The van der Waals surface area contributed by atoms with Crippen molar-refractivity contribution in [3.63, 3.8) is 0 Å². The first-order valence-corrected chi connectivity index (χ1v) is 17.9. The lowest BCUT2D eigenvalue weighted by Crippen LogP contribution is -2.55. The number of alkyl halides is 1.